The molecule has 0 saturated carbocycles. The van der Waals surface area contributed by atoms with E-state index in [-0.39, 0.29) is 5.69 Å². The first-order valence-electron chi connectivity index (χ1n) is 7.04. The zero-order valence-corrected chi connectivity index (χ0v) is 12.5. The first kappa shape index (κ1) is 15.7. The van der Waals surface area contributed by atoms with Crippen molar-refractivity contribution in [3.8, 4) is 5.69 Å². The van der Waals surface area contributed by atoms with E-state index in [1.54, 1.807) is 0 Å². The Bertz CT molecular complexity index is 664. The van der Waals surface area contributed by atoms with Gasteiger partial charge in [-0.2, -0.15) is 0 Å². The second kappa shape index (κ2) is 6.84. The highest BCUT2D eigenvalue weighted by Crippen LogP contribution is 2.08. The third-order valence-electron chi connectivity index (χ3n) is 3.21. The Morgan fingerprint density at radius 3 is 2.59 bits per heavy atom. The molecule has 1 amide bonds. The number of aliphatic carboxylic acids is 1. The molecule has 1 unspecified atom stereocenters. The fourth-order valence-corrected chi connectivity index (χ4v) is 1.97. The van der Waals surface area contributed by atoms with Crippen LogP contribution in [0.15, 0.2) is 30.5 Å². The van der Waals surface area contributed by atoms with Crippen molar-refractivity contribution in [2.75, 3.05) is 0 Å². The van der Waals surface area contributed by atoms with Gasteiger partial charge in [-0.25, -0.2) is 9.48 Å². The van der Waals surface area contributed by atoms with E-state index in [2.05, 4.69) is 15.6 Å². The van der Waals surface area contributed by atoms with Gasteiger partial charge in [0.25, 0.3) is 5.91 Å². The van der Waals surface area contributed by atoms with Gasteiger partial charge in [-0.05, 0) is 25.5 Å². The minimum Gasteiger partial charge on any atom is -0.480 e. The van der Waals surface area contributed by atoms with Gasteiger partial charge >= 0.3 is 5.97 Å². The minimum atomic E-state index is -1.05. The molecule has 0 aliphatic carbocycles. The van der Waals surface area contributed by atoms with Gasteiger partial charge in [-0.3, -0.25) is 4.79 Å². The average molecular weight is 302 g/mol. The van der Waals surface area contributed by atoms with E-state index in [0.717, 1.165) is 11.3 Å². The summed E-state index contributed by atoms with van der Waals surface area (Å²) in [6.45, 7) is 3.83. The van der Waals surface area contributed by atoms with Crippen LogP contribution >= 0.6 is 0 Å². The summed E-state index contributed by atoms with van der Waals surface area (Å²) < 4.78 is 1.48. The van der Waals surface area contributed by atoms with Gasteiger partial charge in [0.2, 0.25) is 0 Å². The maximum absolute atomic E-state index is 12.0. The number of carbonyl (C=O) groups excluding carboxylic acids is 1. The molecule has 7 nitrogen and oxygen atoms in total. The molecule has 0 bridgehead atoms. The minimum absolute atomic E-state index is 0.0860. The summed E-state index contributed by atoms with van der Waals surface area (Å²) in [6, 6.07) is 6.67. The van der Waals surface area contributed by atoms with Crippen molar-refractivity contribution >= 4 is 11.9 Å². The number of aromatic nitrogens is 3. The smallest absolute Gasteiger partial charge is 0.326 e. The van der Waals surface area contributed by atoms with E-state index in [9.17, 15) is 9.59 Å². The molecular weight excluding hydrogens is 284 g/mol. The normalized spacial score (nSPS) is 11.9. The Morgan fingerprint density at radius 2 is 2.00 bits per heavy atom. The van der Waals surface area contributed by atoms with E-state index in [1.165, 1.54) is 10.9 Å². The second-order valence-electron chi connectivity index (χ2n) is 5.04. The van der Waals surface area contributed by atoms with Crippen molar-refractivity contribution in [3.05, 3.63) is 41.7 Å². The Kier molecular flexibility index (Phi) is 4.88. The SMILES string of the molecule is CCCC(NC(=O)c1cn(-c2ccc(C)cc2)nn1)C(=O)O. The molecule has 116 valence electrons. The summed E-state index contributed by atoms with van der Waals surface area (Å²) in [5.41, 5.74) is 1.98. The fraction of sp³-hybridized carbons (Fsp3) is 0.333. The third-order valence-corrected chi connectivity index (χ3v) is 3.21. The molecule has 1 heterocycles. The van der Waals surface area contributed by atoms with Crippen molar-refractivity contribution in [1.29, 1.82) is 0 Å². The van der Waals surface area contributed by atoms with Gasteiger partial charge in [0.1, 0.15) is 6.04 Å². The molecule has 0 fully saturated rings. The molecule has 2 rings (SSSR count). The Labute approximate surface area is 128 Å². The summed E-state index contributed by atoms with van der Waals surface area (Å²) in [7, 11) is 0. The molecule has 22 heavy (non-hydrogen) atoms. The highest BCUT2D eigenvalue weighted by atomic mass is 16.4. The highest BCUT2D eigenvalue weighted by Gasteiger charge is 2.21. The maximum Gasteiger partial charge on any atom is 0.326 e. The van der Waals surface area contributed by atoms with Gasteiger partial charge in [0.15, 0.2) is 5.69 Å². The molecule has 1 aromatic carbocycles. The molecule has 0 aliphatic rings. The lowest BCUT2D eigenvalue weighted by molar-refractivity contribution is -0.139. The number of aryl methyl sites for hydroxylation is 1. The monoisotopic (exact) mass is 302 g/mol. The van der Waals surface area contributed by atoms with Crippen LogP contribution < -0.4 is 5.32 Å². The summed E-state index contributed by atoms with van der Waals surface area (Å²) in [5, 5.41) is 19.2. The van der Waals surface area contributed by atoms with Crippen molar-refractivity contribution < 1.29 is 14.7 Å². The second-order valence-corrected chi connectivity index (χ2v) is 5.04. The van der Waals surface area contributed by atoms with Crippen LogP contribution in [-0.4, -0.2) is 38.0 Å². The number of nitrogens with one attached hydrogen (secondary N) is 1. The standard InChI is InChI=1S/C15H18N4O3/c1-3-4-12(15(21)22)16-14(20)13-9-19(18-17-13)11-7-5-10(2)6-8-11/h5-9,12H,3-4H2,1-2H3,(H,16,20)(H,21,22). The lowest BCUT2D eigenvalue weighted by atomic mass is 10.1. The molecule has 1 atom stereocenters. The van der Waals surface area contributed by atoms with Crippen molar-refractivity contribution in [2.45, 2.75) is 32.7 Å². The molecular formula is C15H18N4O3. The highest BCUT2D eigenvalue weighted by molar-refractivity contribution is 5.94. The summed E-state index contributed by atoms with van der Waals surface area (Å²) in [6.07, 6.45) is 2.51. The summed E-state index contributed by atoms with van der Waals surface area (Å²) in [4.78, 5) is 23.1. The fourth-order valence-electron chi connectivity index (χ4n) is 1.97. The van der Waals surface area contributed by atoms with E-state index < -0.39 is 17.9 Å². The number of carboxylic acid groups (broad SMARTS) is 1. The summed E-state index contributed by atoms with van der Waals surface area (Å²) in [5.74, 6) is -1.60. The zero-order chi connectivity index (χ0) is 16.1. The lowest BCUT2D eigenvalue weighted by Crippen LogP contribution is -2.40. The van der Waals surface area contributed by atoms with Crippen molar-refractivity contribution in [3.63, 3.8) is 0 Å². The van der Waals surface area contributed by atoms with Crippen LogP contribution in [0.5, 0.6) is 0 Å². The predicted molar refractivity (Wildman–Crippen MR) is 79.9 cm³/mol. The van der Waals surface area contributed by atoms with Crippen LogP contribution in [0, 0.1) is 6.92 Å². The predicted octanol–water partition coefficient (Wildman–Crippen LogP) is 1.56. The number of rotatable bonds is 6. The lowest BCUT2D eigenvalue weighted by Gasteiger charge is -2.11. The zero-order valence-electron chi connectivity index (χ0n) is 12.5. The largest absolute Gasteiger partial charge is 0.480 e. The Morgan fingerprint density at radius 1 is 1.32 bits per heavy atom. The average Bonchev–Trinajstić information content (AvgIpc) is 2.97. The Balaban J connectivity index is 2.11. The number of hydrogen-bond acceptors (Lipinski definition) is 4. The molecule has 1 aromatic heterocycles. The van der Waals surface area contributed by atoms with Gasteiger partial charge in [-0.1, -0.05) is 36.3 Å². The van der Waals surface area contributed by atoms with Crippen LogP contribution in [0.4, 0.5) is 0 Å². The summed E-state index contributed by atoms with van der Waals surface area (Å²) >= 11 is 0. The van der Waals surface area contributed by atoms with Crippen LogP contribution in [-0.2, 0) is 4.79 Å². The quantitative estimate of drug-likeness (QED) is 0.844. The number of carbonyl (C=O) groups is 2. The Hall–Kier alpha value is -2.70. The van der Waals surface area contributed by atoms with E-state index in [0.29, 0.717) is 12.8 Å². The molecule has 0 spiro atoms. The molecule has 0 aliphatic heterocycles. The van der Waals surface area contributed by atoms with Crippen molar-refractivity contribution in [1.82, 2.24) is 20.3 Å². The molecule has 0 radical (unpaired) electrons. The van der Waals surface area contributed by atoms with E-state index >= 15 is 0 Å². The van der Waals surface area contributed by atoms with E-state index in [4.69, 9.17) is 5.11 Å². The van der Waals surface area contributed by atoms with Gasteiger partial charge in [-0.15, -0.1) is 5.10 Å². The molecule has 0 saturated heterocycles. The number of benzene rings is 1. The molecule has 2 N–H and O–H groups in total. The van der Waals surface area contributed by atoms with Crippen molar-refractivity contribution in [2.24, 2.45) is 0 Å². The number of amides is 1. The van der Waals surface area contributed by atoms with Gasteiger partial charge in [0.05, 0.1) is 11.9 Å². The molecule has 7 heteroatoms. The van der Waals surface area contributed by atoms with Gasteiger partial charge in [0, 0.05) is 0 Å². The molecule has 2 aromatic rings. The van der Waals surface area contributed by atoms with E-state index in [1.807, 2.05) is 38.1 Å². The van der Waals surface area contributed by atoms with Crippen LogP contribution in [0.1, 0.15) is 35.8 Å². The number of carboxylic acids is 1. The number of hydrogen-bond donors (Lipinski definition) is 2. The van der Waals surface area contributed by atoms with Crippen LogP contribution in [0.2, 0.25) is 0 Å². The first-order valence-corrected chi connectivity index (χ1v) is 7.04. The number of nitrogens with zero attached hydrogens (tertiary/aromatic N) is 3. The van der Waals surface area contributed by atoms with Gasteiger partial charge < -0.3 is 10.4 Å². The van der Waals surface area contributed by atoms with Crippen LogP contribution in [0.25, 0.3) is 5.69 Å². The maximum atomic E-state index is 12.0. The van der Waals surface area contributed by atoms with Crippen LogP contribution in [0.3, 0.4) is 0 Å². The third kappa shape index (κ3) is 3.69. The first-order chi connectivity index (χ1) is 10.5. The topological polar surface area (TPSA) is 97.1 Å².